The lowest BCUT2D eigenvalue weighted by molar-refractivity contribution is 0.596. The average Bonchev–Trinajstić information content (AvgIpc) is 2.72. The number of aromatic nitrogens is 2. The summed E-state index contributed by atoms with van der Waals surface area (Å²) >= 11 is 3.84. The number of hydrogen-bond donors (Lipinski definition) is 3. The summed E-state index contributed by atoms with van der Waals surface area (Å²) in [5, 5.41) is 6.46. The van der Waals surface area contributed by atoms with Gasteiger partial charge in [-0.25, -0.2) is 8.42 Å². The molecule has 0 fully saturated rings. The van der Waals surface area contributed by atoms with E-state index >= 15 is 0 Å². The second kappa shape index (κ2) is 4.42. The standard InChI is InChI=1S/C10H11N3O2S2/c1-7-9(10(13-16)12-11-7)17(14,15)8-5-3-2-4-6-8/h2-6,16H,1H3,(H2,11,12,13). The molecule has 1 heterocycles. The first-order valence-electron chi connectivity index (χ1n) is 4.82. The van der Waals surface area contributed by atoms with Gasteiger partial charge in [-0.15, -0.1) is 0 Å². The number of nitrogens with one attached hydrogen (secondary N) is 2. The molecule has 0 radical (unpaired) electrons. The molecule has 17 heavy (non-hydrogen) atoms. The van der Waals surface area contributed by atoms with Gasteiger partial charge in [-0.2, -0.15) is 5.10 Å². The topological polar surface area (TPSA) is 74.8 Å². The molecule has 0 unspecified atom stereocenters. The Balaban J connectivity index is 2.64. The van der Waals surface area contributed by atoms with Crippen LogP contribution in [0.25, 0.3) is 0 Å². The van der Waals surface area contributed by atoms with Crippen LogP contribution in [-0.2, 0) is 9.84 Å². The van der Waals surface area contributed by atoms with Gasteiger partial charge in [-0.3, -0.25) is 5.10 Å². The summed E-state index contributed by atoms with van der Waals surface area (Å²) < 4.78 is 27.2. The third kappa shape index (κ3) is 2.03. The number of sulfone groups is 1. The van der Waals surface area contributed by atoms with Gasteiger partial charge in [0, 0.05) is 0 Å². The number of H-pyrrole nitrogens is 1. The molecule has 1 aromatic heterocycles. The Kier molecular flexibility index (Phi) is 3.12. The van der Waals surface area contributed by atoms with E-state index in [0.29, 0.717) is 5.69 Å². The molecular weight excluding hydrogens is 258 g/mol. The highest BCUT2D eigenvalue weighted by Crippen LogP contribution is 2.28. The summed E-state index contributed by atoms with van der Waals surface area (Å²) in [4.78, 5) is 0.355. The molecular formula is C10H11N3O2S2. The molecule has 0 saturated heterocycles. The van der Waals surface area contributed by atoms with Crippen molar-refractivity contribution in [2.24, 2.45) is 0 Å². The predicted molar refractivity (Wildman–Crippen MR) is 67.8 cm³/mol. The Labute approximate surface area is 105 Å². The Morgan fingerprint density at radius 1 is 1.29 bits per heavy atom. The highest BCUT2D eigenvalue weighted by Gasteiger charge is 2.25. The first kappa shape index (κ1) is 12.0. The molecule has 5 nitrogen and oxygen atoms in total. The van der Waals surface area contributed by atoms with E-state index in [1.165, 1.54) is 0 Å². The van der Waals surface area contributed by atoms with E-state index < -0.39 is 9.84 Å². The van der Waals surface area contributed by atoms with Gasteiger partial charge in [0.05, 0.1) is 10.6 Å². The molecule has 0 aliphatic rings. The van der Waals surface area contributed by atoms with Crippen molar-refractivity contribution in [3.63, 3.8) is 0 Å². The van der Waals surface area contributed by atoms with Gasteiger partial charge < -0.3 is 4.72 Å². The molecule has 0 atom stereocenters. The number of rotatable bonds is 3. The minimum atomic E-state index is -3.57. The number of aryl methyl sites for hydroxylation is 1. The molecule has 2 N–H and O–H groups in total. The molecule has 7 heteroatoms. The van der Waals surface area contributed by atoms with Crippen LogP contribution in [0, 0.1) is 6.92 Å². The summed E-state index contributed by atoms with van der Waals surface area (Å²) in [6.07, 6.45) is 0. The highest BCUT2D eigenvalue weighted by molar-refractivity contribution is 7.91. The van der Waals surface area contributed by atoms with Crippen molar-refractivity contribution < 1.29 is 8.42 Å². The molecule has 0 bridgehead atoms. The zero-order chi connectivity index (χ0) is 12.5. The maximum atomic E-state index is 12.4. The van der Waals surface area contributed by atoms with Crippen molar-refractivity contribution in [3.05, 3.63) is 36.0 Å². The predicted octanol–water partition coefficient (Wildman–Crippen LogP) is 1.81. The van der Waals surface area contributed by atoms with Crippen LogP contribution in [0.4, 0.5) is 5.82 Å². The molecule has 0 saturated carbocycles. The van der Waals surface area contributed by atoms with Crippen molar-refractivity contribution in [2.75, 3.05) is 4.72 Å². The van der Waals surface area contributed by atoms with E-state index in [-0.39, 0.29) is 15.6 Å². The third-order valence-corrected chi connectivity index (χ3v) is 4.46. The Hall–Kier alpha value is -1.47. The Morgan fingerprint density at radius 3 is 2.53 bits per heavy atom. The molecule has 2 rings (SSSR count). The van der Waals surface area contributed by atoms with Crippen LogP contribution in [0.1, 0.15) is 5.69 Å². The van der Waals surface area contributed by atoms with Crippen molar-refractivity contribution >= 4 is 28.5 Å². The number of anilines is 1. The fraction of sp³-hybridized carbons (Fsp3) is 0.100. The van der Waals surface area contributed by atoms with E-state index in [1.54, 1.807) is 37.3 Å². The molecule has 90 valence electrons. The maximum absolute atomic E-state index is 12.4. The second-order valence-electron chi connectivity index (χ2n) is 3.45. The molecule has 0 amide bonds. The first-order chi connectivity index (χ1) is 8.07. The van der Waals surface area contributed by atoms with Gasteiger partial charge in [0.25, 0.3) is 0 Å². The SMILES string of the molecule is Cc1[nH]nc(NS)c1S(=O)(=O)c1ccccc1. The van der Waals surface area contributed by atoms with Gasteiger partial charge in [-0.1, -0.05) is 31.0 Å². The van der Waals surface area contributed by atoms with Crippen LogP contribution in [-0.4, -0.2) is 18.6 Å². The van der Waals surface area contributed by atoms with Gasteiger partial charge in [-0.05, 0) is 19.1 Å². The summed E-state index contributed by atoms with van der Waals surface area (Å²) in [6, 6.07) is 8.21. The highest BCUT2D eigenvalue weighted by atomic mass is 32.2. The van der Waals surface area contributed by atoms with Crippen molar-refractivity contribution in [1.29, 1.82) is 0 Å². The van der Waals surface area contributed by atoms with Crippen molar-refractivity contribution in [2.45, 2.75) is 16.7 Å². The van der Waals surface area contributed by atoms with E-state index in [9.17, 15) is 8.42 Å². The quantitative estimate of drug-likeness (QED) is 0.743. The van der Waals surface area contributed by atoms with Gasteiger partial charge in [0.15, 0.2) is 5.82 Å². The lowest BCUT2D eigenvalue weighted by atomic mass is 10.4. The fourth-order valence-corrected chi connectivity index (χ4v) is 3.33. The fourth-order valence-electron chi connectivity index (χ4n) is 1.54. The monoisotopic (exact) mass is 269 g/mol. The molecule has 0 spiro atoms. The molecule has 0 aliphatic heterocycles. The van der Waals surface area contributed by atoms with Gasteiger partial charge in [0.1, 0.15) is 4.90 Å². The number of nitrogens with zero attached hydrogens (tertiary/aromatic N) is 1. The van der Waals surface area contributed by atoms with Crippen LogP contribution < -0.4 is 4.72 Å². The largest absolute Gasteiger partial charge is 0.314 e. The first-order valence-corrected chi connectivity index (χ1v) is 6.75. The number of benzene rings is 1. The molecule has 2 aromatic rings. The third-order valence-electron chi connectivity index (χ3n) is 2.32. The Morgan fingerprint density at radius 2 is 1.94 bits per heavy atom. The minimum Gasteiger partial charge on any atom is -0.314 e. The van der Waals surface area contributed by atoms with Gasteiger partial charge >= 0.3 is 0 Å². The zero-order valence-electron chi connectivity index (χ0n) is 9.01. The molecule has 1 aromatic carbocycles. The lowest BCUT2D eigenvalue weighted by Gasteiger charge is -2.05. The summed E-state index contributed by atoms with van der Waals surface area (Å²) in [5.41, 5.74) is 0.477. The lowest BCUT2D eigenvalue weighted by Crippen LogP contribution is -2.04. The summed E-state index contributed by atoms with van der Waals surface area (Å²) in [6.45, 7) is 1.65. The average molecular weight is 269 g/mol. The number of aromatic amines is 1. The van der Waals surface area contributed by atoms with E-state index in [4.69, 9.17) is 0 Å². The smallest absolute Gasteiger partial charge is 0.212 e. The summed E-state index contributed by atoms with van der Waals surface area (Å²) in [7, 11) is -3.57. The Bertz CT molecular complexity index is 620. The summed E-state index contributed by atoms with van der Waals surface area (Å²) in [5.74, 6) is 0.203. The van der Waals surface area contributed by atoms with Crippen LogP contribution in [0.2, 0.25) is 0 Å². The number of hydrogen-bond acceptors (Lipinski definition) is 5. The van der Waals surface area contributed by atoms with E-state index in [2.05, 4.69) is 27.7 Å². The second-order valence-corrected chi connectivity index (χ2v) is 5.56. The van der Waals surface area contributed by atoms with Crippen LogP contribution in [0.15, 0.2) is 40.1 Å². The van der Waals surface area contributed by atoms with Gasteiger partial charge in [0.2, 0.25) is 9.84 Å². The van der Waals surface area contributed by atoms with E-state index in [0.717, 1.165) is 0 Å². The molecule has 0 aliphatic carbocycles. The van der Waals surface area contributed by atoms with Crippen molar-refractivity contribution in [1.82, 2.24) is 10.2 Å². The minimum absolute atomic E-state index is 0.124. The van der Waals surface area contributed by atoms with Crippen molar-refractivity contribution in [3.8, 4) is 0 Å². The van der Waals surface area contributed by atoms with Crippen LogP contribution >= 0.6 is 12.8 Å². The zero-order valence-corrected chi connectivity index (χ0v) is 10.7. The van der Waals surface area contributed by atoms with Crippen LogP contribution in [0.3, 0.4) is 0 Å². The number of thiol groups is 1. The van der Waals surface area contributed by atoms with Crippen LogP contribution in [0.5, 0.6) is 0 Å². The van der Waals surface area contributed by atoms with E-state index in [1.807, 2.05) is 0 Å². The normalized spacial score (nSPS) is 11.4. The maximum Gasteiger partial charge on any atom is 0.212 e.